The van der Waals surface area contributed by atoms with Crippen LogP contribution in [0.15, 0.2) is 29.2 Å². The van der Waals surface area contributed by atoms with Crippen molar-refractivity contribution in [2.45, 2.75) is 4.90 Å². The second-order valence-corrected chi connectivity index (χ2v) is 2.73. The van der Waals surface area contributed by atoms with Gasteiger partial charge in [0, 0.05) is 10.5 Å². The molecular weight excluding hydrogens is 168 g/mol. The Morgan fingerprint density at radius 3 is 2.60 bits per heavy atom. The third-order valence-electron chi connectivity index (χ3n) is 1.08. The van der Waals surface area contributed by atoms with Gasteiger partial charge in [-0.1, -0.05) is 12.1 Å². The standard InChI is InChI=1S/C7H4ClOS/c8-10-7-4-2-1-3-6(7)5-9/h1-4H. The van der Waals surface area contributed by atoms with E-state index in [0.29, 0.717) is 5.56 Å². The molecule has 0 heterocycles. The number of hydrogen-bond acceptors (Lipinski definition) is 2. The van der Waals surface area contributed by atoms with Gasteiger partial charge in [-0.3, -0.25) is 4.79 Å². The molecule has 0 amide bonds. The highest BCUT2D eigenvalue weighted by Crippen LogP contribution is 2.24. The van der Waals surface area contributed by atoms with E-state index in [0.717, 1.165) is 15.9 Å². The molecule has 51 valence electrons. The summed E-state index contributed by atoms with van der Waals surface area (Å²) in [5.74, 6) is 0. The molecule has 0 saturated heterocycles. The molecule has 0 aliphatic rings. The molecular formula is C7H4ClOS. The van der Waals surface area contributed by atoms with E-state index >= 15 is 0 Å². The molecule has 0 aliphatic carbocycles. The van der Waals surface area contributed by atoms with Crippen molar-refractivity contribution in [1.29, 1.82) is 0 Å². The van der Waals surface area contributed by atoms with Crippen molar-refractivity contribution in [3.63, 3.8) is 0 Å². The van der Waals surface area contributed by atoms with Crippen LogP contribution in [0.3, 0.4) is 0 Å². The molecule has 1 aromatic rings. The smallest absolute Gasteiger partial charge is 0.234 e. The van der Waals surface area contributed by atoms with E-state index in [1.54, 1.807) is 24.5 Å². The molecule has 0 saturated carbocycles. The molecule has 0 unspecified atom stereocenters. The van der Waals surface area contributed by atoms with Crippen molar-refractivity contribution in [3.8, 4) is 0 Å². The van der Waals surface area contributed by atoms with Gasteiger partial charge in [-0.15, -0.1) is 0 Å². The summed E-state index contributed by atoms with van der Waals surface area (Å²) in [6, 6.07) is 7.05. The maximum Gasteiger partial charge on any atom is 0.234 e. The average molecular weight is 172 g/mol. The van der Waals surface area contributed by atoms with Crippen LogP contribution < -0.4 is 0 Å². The molecule has 3 heteroatoms. The fourth-order valence-electron chi connectivity index (χ4n) is 0.618. The van der Waals surface area contributed by atoms with Gasteiger partial charge >= 0.3 is 0 Å². The molecule has 0 aromatic heterocycles. The number of benzene rings is 1. The Balaban J connectivity index is 3.08. The normalized spacial score (nSPS) is 9.30. The van der Waals surface area contributed by atoms with Crippen LogP contribution in [0, 0.1) is 0 Å². The van der Waals surface area contributed by atoms with Crippen molar-refractivity contribution in [2.24, 2.45) is 0 Å². The van der Waals surface area contributed by atoms with E-state index in [-0.39, 0.29) is 0 Å². The summed E-state index contributed by atoms with van der Waals surface area (Å²) < 4.78 is 0. The first-order valence-electron chi connectivity index (χ1n) is 2.64. The minimum absolute atomic E-state index is 0.516. The van der Waals surface area contributed by atoms with Gasteiger partial charge in [0.2, 0.25) is 6.29 Å². The molecule has 0 spiro atoms. The van der Waals surface area contributed by atoms with Crippen LogP contribution in [0.5, 0.6) is 0 Å². The summed E-state index contributed by atoms with van der Waals surface area (Å²) in [7, 11) is 6.48. The Morgan fingerprint density at radius 1 is 1.40 bits per heavy atom. The lowest BCUT2D eigenvalue weighted by molar-refractivity contribution is 0.562. The number of hydrogen-bond donors (Lipinski definition) is 0. The van der Waals surface area contributed by atoms with Gasteiger partial charge in [0.1, 0.15) is 0 Å². The molecule has 1 rings (SSSR count). The van der Waals surface area contributed by atoms with Crippen LogP contribution in [0.25, 0.3) is 0 Å². The molecule has 0 N–H and O–H groups in total. The minimum atomic E-state index is 0.516. The minimum Gasteiger partial charge on any atom is -0.285 e. The van der Waals surface area contributed by atoms with Gasteiger partial charge in [0.25, 0.3) is 0 Å². The van der Waals surface area contributed by atoms with Gasteiger partial charge < -0.3 is 0 Å². The molecule has 10 heavy (non-hydrogen) atoms. The second-order valence-electron chi connectivity index (χ2n) is 1.68. The van der Waals surface area contributed by atoms with Gasteiger partial charge in [-0.05, 0) is 33.8 Å². The lowest BCUT2D eigenvalue weighted by Crippen LogP contribution is -1.80. The summed E-state index contributed by atoms with van der Waals surface area (Å²) in [5.41, 5.74) is 0.516. The fourth-order valence-corrected chi connectivity index (χ4v) is 1.34. The zero-order valence-corrected chi connectivity index (χ0v) is 6.58. The Kier molecular flexibility index (Phi) is 2.78. The zero-order chi connectivity index (χ0) is 7.40. The highest BCUT2D eigenvalue weighted by Gasteiger charge is 1.98. The van der Waals surface area contributed by atoms with Crippen LogP contribution in [0.1, 0.15) is 5.56 Å². The van der Waals surface area contributed by atoms with Crippen LogP contribution >= 0.6 is 21.7 Å². The summed E-state index contributed by atoms with van der Waals surface area (Å²) in [5, 5.41) is 0. The maximum atomic E-state index is 10.2. The SMILES string of the molecule is O=[C]c1ccccc1SCl. The van der Waals surface area contributed by atoms with Crippen molar-refractivity contribution in [3.05, 3.63) is 29.8 Å². The molecule has 1 nitrogen and oxygen atoms in total. The van der Waals surface area contributed by atoms with Gasteiger partial charge in [-0.25, -0.2) is 0 Å². The van der Waals surface area contributed by atoms with E-state index in [4.69, 9.17) is 10.7 Å². The monoisotopic (exact) mass is 171 g/mol. The number of halogens is 1. The number of carbonyl (C=O) groups excluding carboxylic acids is 1. The predicted molar refractivity (Wildman–Crippen MR) is 42.9 cm³/mol. The van der Waals surface area contributed by atoms with E-state index < -0.39 is 0 Å². The third-order valence-corrected chi connectivity index (χ3v) is 2.10. The summed E-state index contributed by atoms with van der Waals surface area (Å²) in [6.07, 6.45) is 1.79. The van der Waals surface area contributed by atoms with E-state index in [9.17, 15) is 4.79 Å². The lowest BCUT2D eigenvalue weighted by atomic mass is 10.2. The van der Waals surface area contributed by atoms with Crippen LogP contribution in [0.4, 0.5) is 0 Å². The molecule has 0 atom stereocenters. The van der Waals surface area contributed by atoms with Crippen LogP contribution in [-0.4, -0.2) is 6.29 Å². The van der Waals surface area contributed by atoms with Gasteiger partial charge in [-0.2, -0.15) is 0 Å². The van der Waals surface area contributed by atoms with E-state index in [1.165, 1.54) is 0 Å². The highest BCUT2D eigenvalue weighted by molar-refractivity contribution is 8.21. The van der Waals surface area contributed by atoms with Crippen LogP contribution in [-0.2, 0) is 4.79 Å². The molecule has 0 fully saturated rings. The predicted octanol–water partition coefficient (Wildman–Crippen LogP) is 2.39. The van der Waals surface area contributed by atoms with Crippen molar-refractivity contribution < 1.29 is 4.79 Å². The summed E-state index contributed by atoms with van der Waals surface area (Å²) in [4.78, 5) is 10.9. The molecule has 0 bridgehead atoms. The van der Waals surface area contributed by atoms with E-state index in [1.807, 2.05) is 6.07 Å². The molecule has 1 aromatic carbocycles. The Bertz CT molecular complexity index is 237. The van der Waals surface area contributed by atoms with E-state index in [2.05, 4.69) is 0 Å². The topological polar surface area (TPSA) is 17.1 Å². The highest BCUT2D eigenvalue weighted by atomic mass is 35.7. The zero-order valence-electron chi connectivity index (χ0n) is 5.00. The van der Waals surface area contributed by atoms with Crippen molar-refractivity contribution >= 4 is 27.9 Å². The summed E-state index contributed by atoms with van der Waals surface area (Å²) >= 11 is 0. The Morgan fingerprint density at radius 2 is 2.10 bits per heavy atom. The van der Waals surface area contributed by atoms with Crippen LogP contribution in [0.2, 0.25) is 0 Å². The first kappa shape index (κ1) is 7.63. The Labute approximate surface area is 67.9 Å². The molecule has 0 aliphatic heterocycles. The second kappa shape index (κ2) is 3.64. The van der Waals surface area contributed by atoms with Gasteiger partial charge in [0.05, 0.1) is 0 Å². The number of rotatable bonds is 2. The molecule has 1 radical (unpaired) electrons. The van der Waals surface area contributed by atoms with Crippen molar-refractivity contribution in [2.75, 3.05) is 0 Å². The first-order chi connectivity index (χ1) is 4.88. The lowest BCUT2D eigenvalue weighted by Gasteiger charge is -1.94. The van der Waals surface area contributed by atoms with Gasteiger partial charge in [0.15, 0.2) is 0 Å². The van der Waals surface area contributed by atoms with Crippen molar-refractivity contribution in [1.82, 2.24) is 0 Å². The quantitative estimate of drug-likeness (QED) is 0.680. The Hall–Kier alpha value is -0.470. The maximum absolute atomic E-state index is 10.2. The fraction of sp³-hybridized carbons (Fsp3) is 0. The first-order valence-corrected chi connectivity index (χ1v) is 4.28. The largest absolute Gasteiger partial charge is 0.285 e. The third kappa shape index (κ3) is 1.52. The summed E-state index contributed by atoms with van der Waals surface area (Å²) in [6.45, 7) is 0. The average Bonchev–Trinajstić information content (AvgIpc) is 2.04.